The van der Waals surface area contributed by atoms with Gasteiger partial charge in [0, 0.05) is 11.8 Å². The lowest BCUT2D eigenvalue weighted by molar-refractivity contribution is 0.178. The normalized spacial score (nSPS) is 14.5. The van der Waals surface area contributed by atoms with Crippen LogP contribution in [0.1, 0.15) is 36.1 Å². The van der Waals surface area contributed by atoms with Gasteiger partial charge in [0.25, 0.3) is 0 Å². The number of ether oxygens (including phenoxy) is 2. The summed E-state index contributed by atoms with van der Waals surface area (Å²) in [5, 5.41) is 0. The molecule has 1 heterocycles. The number of pyridine rings is 1. The lowest BCUT2D eigenvalue weighted by atomic mass is 9.86. The van der Waals surface area contributed by atoms with E-state index < -0.39 is 0 Å². The van der Waals surface area contributed by atoms with Gasteiger partial charge in [0.2, 0.25) is 5.88 Å². The number of aryl methyl sites for hydroxylation is 1. The first-order chi connectivity index (χ1) is 10.7. The molecular weight excluding hydrogens is 274 g/mol. The molecule has 3 nitrogen and oxygen atoms in total. The van der Waals surface area contributed by atoms with Crippen molar-refractivity contribution in [1.29, 1.82) is 0 Å². The minimum atomic E-state index is 0.528. The third kappa shape index (κ3) is 3.59. The van der Waals surface area contributed by atoms with Gasteiger partial charge in [-0.3, -0.25) is 0 Å². The third-order valence-electron chi connectivity index (χ3n) is 4.23. The summed E-state index contributed by atoms with van der Waals surface area (Å²) >= 11 is 0. The highest BCUT2D eigenvalue weighted by Gasteiger charge is 2.19. The van der Waals surface area contributed by atoms with E-state index in [9.17, 15) is 0 Å². The molecule has 0 radical (unpaired) electrons. The maximum Gasteiger partial charge on any atom is 0.220 e. The minimum Gasteiger partial charge on any atom is -0.493 e. The molecule has 0 aliphatic heterocycles. The van der Waals surface area contributed by atoms with Crippen LogP contribution in [0.15, 0.2) is 36.4 Å². The first-order valence-electron chi connectivity index (χ1n) is 8.00. The van der Waals surface area contributed by atoms with Crippen molar-refractivity contribution in [2.45, 2.75) is 39.7 Å². The lowest BCUT2D eigenvalue weighted by Gasteiger charge is -2.25. The van der Waals surface area contributed by atoms with Gasteiger partial charge in [0.1, 0.15) is 12.4 Å². The van der Waals surface area contributed by atoms with E-state index in [1.807, 2.05) is 38.1 Å². The molecule has 0 saturated heterocycles. The minimum absolute atomic E-state index is 0.528. The van der Waals surface area contributed by atoms with Crippen LogP contribution in [0.5, 0.6) is 11.6 Å². The smallest absolute Gasteiger partial charge is 0.220 e. The van der Waals surface area contributed by atoms with E-state index in [1.165, 1.54) is 19.3 Å². The van der Waals surface area contributed by atoms with Gasteiger partial charge in [-0.1, -0.05) is 36.8 Å². The summed E-state index contributed by atoms with van der Waals surface area (Å²) in [6.45, 7) is 5.33. The third-order valence-corrected chi connectivity index (χ3v) is 4.23. The van der Waals surface area contributed by atoms with Crippen molar-refractivity contribution in [2.75, 3.05) is 6.61 Å². The van der Waals surface area contributed by atoms with Crippen molar-refractivity contribution in [3.63, 3.8) is 0 Å². The van der Waals surface area contributed by atoms with Gasteiger partial charge in [-0.25, -0.2) is 4.98 Å². The highest BCUT2D eigenvalue weighted by atomic mass is 16.5. The maximum absolute atomic E-state index is 5.99. The van der Waals surface area contributed by atoms with Crippen LogP contribution >= 0.6 is 0 Å². The second kappa shape index (κ2) is 6.82. The highest BCUT2D eigenvalue weighted by Crippen LogP contribution is 2.31. The largest absolute Gasteiger partial charge is 0.493 e. The summed E-state index contributed by atoms with van der Waals surface area (Å²) in [6, 6.07) is 12.2. The van der Waals surface area contributed by atoms with Crippen LogP contribution in [-0.2, 0) is 6.61 Å². The molecule has 116 valence electrons. The summed E-state index contributed by atoms with van der Waals surface area (Å²) in [5.74, 6) is 2.30. The summed E-state index contributed by atoms with van der Waals surface area (Å²) in [4.78, 5) is 4.51. The van der Waals surface area contributed by atoms with Crippen LogP contribution in [0.25, 0.3) is 0 Å². The van der Waals surface area contributed by atoms with Gasteiger partial charge in [0.05, 0.1) is 12.2 Å². The monoisotopic (exact) mass is 297 g/mol. The molecule has 1 saturated carbocycles. The Morgan fingerprint density at radius 3 is 2.55 bits per heavy atom. The fourth-order valence-corrected chi connectivity index (χ4v) is 2.56. The molecule has 0 spiro atoms. The highest BCUT2D eigenvalue weighted by molar-refractivity contribution is 5.40. The SMILES string of the molecule is Cc1cc(OCC2CCC2)c(C)c(OCc2ccccc2)n1. The zero-order valence-electron chi connectivity index (χ0n) is 13.3. The maximum atomic E-state index is 5.99. The second-order valence-corrected chi connectivity index (χ2v) is 6.07. The van der Waals surface area contributed by atoms with Crippen molar-refractivity contribution in [2.24, 2.45) is 5.92 Å². The van der Waals surface area contributed by atoms with E-state index in [4.69, 9.17) is 9.47 Å². The van der Waals surface area contributed by atoms with Gasteiger partial charge in [-0.15, -0.1) is 0 Å². The fraction of sp³-hybridized carbons (Fsp3) is 0.421. The van der Waals surface area contributed by atoms with E-state index in [2.05, 4.69) is 17.1 Å². The number of rotatable bonds is 6. The van der Waals surface area contributed by atoms with Crippen LogP contribution in [0, 0.1) is 19.8 Å². The molecule has 0 N–H and O–H groups in total. The zero-order valence-corrected chi connectivity index (χ0v) is 13.3. The zero-order chi connectivity index (χ0) is 15.4. The summed E-state index contributed by atoms with van der Waals surface area (Å²) in [5.41, 5.74) is 3.06. The lowest BCUT2D eigenvalue weighted by Crippen LogP contribution is -2.19. The Bertz CT molecular complexity index is 621. The molecule has 1 aromatic carbocycles. The molecule has 22 heavy (non-hydrogen) atoms. The van der Waals surface area contributed by atoms with Crippen LogP contribution in [-0.4, -0.2) is 11.6 Å². The first-order valence-corrected chi connectivity index (χ1v) is 8.00. The van der Waals surface area contributed by atoms with Crippen LogP contribution in [0.3, 0.4) is 0 Å². The van der Waals surface area contributed by atoms with Crippen LogP contribution < -0.4 is 9.47 Å². The molecule has 3 rings (SSSR count). The fourth-order valence-electron chi connectivity index (χ4n) is 2.56. The number of benzene rings is 1. The Labute approximate surface area is 132 Å². The standard InChI is InChI=1S/C19H23NO2/c1-14-11-18(21-12-17-9-6-10-17)15(2)19(20-14)22-13-16-7-4-3-5-8-16/h3-5,7-8,11,17H,6,9-10,12-13H2,1-2H3. The topological polar surface area (TPSA) is 31.4 Å². The van der Waals surface area contributed by atoms with Gasteiger partial charge < -0.3 is 9.47 Å². The van der Waals surface area contributed by atoms with Crippen molar-refractivity contribution in [1.82, 2.24) is 4.98 Å². The number of aromatic nitrogens is 1. The van der Waals surface area contributed by atoms with Crippen LogP contribution in [0.4, 0.5) is 0 Å². The molecule has 2 aromatic rings. The predicted octanol–water partition coefficient (Wildman–Crippen LogP) is 4.46. The molecule has 1 fully saturated rings. The molecular formula is C19H23NO2. The summed E-state index contributed by atoms with van der Waals surface area (Å²) < 4.78 is 11.9. The van der Waals surface area contributed by atoms with E-state index in [0.29, 0.717) is 12.5 Å². The number of hydrogen-bond acceptors (Lipinski definition) is 3. The first kappa shape index (κ1) is 14.9. The Morgan fingerprint density at radius 1 is 1.09 bits per heavy atom. The molecule has 0 atom stereocenters. The molecule has 3 heteroatoms. The predicted molar refractivity (Wildman–Crippen MR) is 87.3 cm³/mol. The Morgan fingerprint density at radius 2 is 1.86 bits per heavy atom. The second-order valence-electron chi connectivity index (χ2n) is 6.07. The van der Waals surface area contributed by atoms with E-state index in [-0.39, 0.29) is 0 Å². The van der Waals surface area contributed by atoms with Crippen molar-refractivity contribution in [3.8, 4) is 11.6 Å². The number of hydrogen-bond donors (Lipinski definition) is 0. The van der Waals surface area contributed by atoms with Gasteiger partial charge in [0.15, 0.2) is 0 Å². The molecule has 0 unspecified atom stereocenters. The summed E-state index contributed by atoms with van der Waals surface area (Å²) in [7, 11) is 0. The van der Waals surface area contributed by atoms with E-state index >= 15 is 0 Å². The average molecular weight is 297 g/mol. The van der Waals surface area contributed by atoms with Gasteiger partial charge in [-0.2, -0.15) is 0 Å². The quantitative estimate of drug-likeness (QED) is 0.789. The van der Waals surface area contributed by atoms with Crippen molar-refractivity contribution in [3.05, 3.63) is 53.2 Å². The van der Waals surface area contributed by atoms with Gasteiger partial charge >= 0.3 is 0 Å². The van der Waals surface area contributed by atoms with Crippen LogP contribution in [0.2, 0.25) is 0 Å². The Kier molecular flexibility index (Phi) is 4.62. The number of nitrogens with zero attached hydrogens (tertiary/aromatic N) is 1. The Balaban J connectivity index is 1.68. The van der Waals surface area contributed by atoms with Crippen molar-refractivity contribution >= 4 is 0 Å². The summed E-state index contributed by atoms with van der Waals surface area (Å²) in [6.07, 6.45) is 3.93. The van der Waals surface area contributed by atoms with E-state index in [0.717, 1.165) is 35.1 Å². The molecule has 1 aliphatic carbocycles. The average Bonchev–Trinajstić information content (AvgIpc) is 2.48. The molecule has 1 aliphatic rings. The van der Waals surface area contributed by atoms with Gasteiger partial charge in [-0.05, 0) is 38.2 Å². The molecule has 0 bridgehead atoms. The Hall–Kier alpha value is -2.03. The van der Waals surface area contributed by atoms with Crippen molar-refractivity contribution < 1.29 is 9.47 Å². The molecule has 0 amide bonds. The van der Waals surface area contributed by atoms with E-state index in [1.54, 1.807) is 0 Å². The molecule has 1 aromatic heterocycles.